The number of carboxylic acids is 1. The molecule has 7 heteroatoms. The lowest BCUT2D eigenvalue weighted by Crippen LogP contribution is -2.58. The van der Waals surface area contributed by atoms with Crippen molar-refractivity contribution in [2.75, 3.05) is 13.6 Å². The number of carbonyl (C=O) groups is 2. The molecule has 41 heavy (non-hydrogen) atoms. The van der Waals surface area contributed by atoms with Gasteiger partial charge in [0.2, 0.25) is 5.91 Å². The van der Waals surface area contributed by atoms with Gasteiger partial charge in [0.25, 0.3) is 0 Å². The van der Waals surface area contributed by atoms with Crippen molar-refractivity contribution in [2.24, 2.45) is 0 Å². The van der Waals surface area contributed by atoms with Gasteiger partial charge in [-0.05, 0) is 39.9 Å². The molecule has 210 valence electrons. The van der Waals surface area contributed by atoms with Gasteiger partial charge < -0.3 is 15.0 Å². The molecule has 0 saturated heterocycles. The van der Waals surface area contributed by atoms with Gasteiger partial charge in [0.1, 0.15) is 12.1 Å². The number of fused-ring (bicyclic) bond motifs is 2. The first-order chi connectivity index (χ1) is 19.9. The van der Waals surface area contributed by atoms with Crippen LogP contribution in [0.4, 0.5) is 0 Å². The number of hydrazine groups is 1. The van der Waals surface area contributed by atoms with Crippen molar-refractivity contribution in [1.82, 2.24) is 20.3 Å². The third-order valence-electron chi connectivity index (χ3n) is 7.60. The lowest BCUT2D eigenvalue weighted by molar-refractivity contribution is -0.145. The number of rotatable bonds is 12. The first-order valence-electron chi connectivity index (χ1n) is 14.0. The van der Waals surface area contributed by atoms with Gasteiger partial charge >= 0.3 is 5.97 Å². The van der Waals surface area contributed by atoms with E-state index in [4.69, 9.17) is 0 Å². The van der Waals surface area contributed by atoms with Gasteiger partial charge in [0.05, 0.1) is 0 Å². The van der Waals surface area contributed by atoms with E-state index in [0.717, 1.165) is 38.4 Å². The summed E-state index contributed by atoms with van der Waals surface area (Å²) in [5.41, 5.74) is 7.16. The van der Waals surface area contributed by atoms with E-state index in [1.807, 2.05) is 85.9 Å². The maximum absolute atomic E-state index is 14.1. The summed E-state index contributed by atoms with van der Waals surface area (Å²) < 4.78 is 0. The van der Waals surface area contributed by atoms with Gasteiger partial charge in [0, 0.05) is 43.7 Å². The molecule has 7 nitrogen and oxygen atoms in total. The van der Waals surface area contributed by atoms with Crippen molar-refractivity contribution in [3.05, 3.63) is 120 Å². The summed E-state index contributed by atoms with van der Waals surface area (Å²) in [5, 5.41) is 15.3. The minimum absolute atomic E-state index is 0.0763. The Kier molecular flexibility index (Phi) is 8.77. The highest BCUT2D eigenvalue weighted by Crippen LogP contribution is 2.21. The van der Waals surface area contributed by atoms with Crippen LogP contribution in [0.15, 0.2) is 103 Å². The summed E-state index contributed by atoms with van der Waals surface area (Å²) in [7, 11) is 1.80. The van der Waals surface area contributed by atoms with Gasteiger partial charge in [-0.1, -0.05) is 97.9 Å². The van der Waals surface area contributed by atoms with Crippen molar-refractivity contribution in [3.63, 3.8) is 0 Å². The molecule has 1 aromatic heterocycles. The average Bonchev–Trinajstić information content (AvgIpc) is 3.41. The number of aromatic nitrogens is 1. The first-order valence-corrected chi connectivity index (χ1v) is 14.0. The van der Waals surface area contributed by atoms with E-state index in [-0.39, 0.29) is 12.3 Å². The average molecular weight is 549 g/mol. The fraction of sp³-hybridized carbons (Fsp3) is 0.235. The monoisotopic (exact) mass is 548 g/mol. The fourth-order valence-electron chi connectivity index (χ4n) is 5.42. The van der Waals surface area contributed by atoms with E-state index >= 15 is 0 Å². The van der Waals surface area contributed by atoms with E-state index in [1.54, 1.807) is 17.0 Å². The Morgan fingerprint density at radius 1 is 0.854 bits per heavy atom. The molecule has 3 N–H and O–H groups in total. The fourth-order valence-corrected chi connectivity index (χ4v) is 5.42. The zero-order valence-electron chi connectivity index (χ0n) is 23.5. The lowest BCUT2D eigenvalue weighted by Gasteiger charge is -2.35. The number of hydrogen-bond acceptors (Lipinski definition) is 4. The summed E-state index contributed by atoms with van der Waals surface area (Å²) in [5.74, 6) is -1.05. The standard InChI is InChI=1S/C34H36N4O3/c1-3-38(36-31(34(40)41)21-28-22-35-30-16-10-9-15-29(28)30)32(33(39)37(2)23-24-11-5-4-6-12-24)20-25-17-18-26-13-7-8-14-27(26)19-25/h4-19,22,31-32,35-36H,3,20-21,23H2,1-2H3,(H,40,41)/t31-,32?/m0/s1. The Morgan fingerprint density at radius 2 is 1.56 bits per heavy atom. The Labute approximate surface area is 240 Å². The smallest absolute Gasteiger partial charge is 0.322 e. The molecule has 4 aromatic carbocycles. The van der Waals surface area contributed by atoms with Crippen molar-refractivity contribution in [3.8, 4) is 0 Å². The van der Waals surface area contributed by atoms with Crippen LogP contribution < -0.4 is 5.43 Å². The third kappa shape index (κ3) is 6.65. The molecular weight excluding hydrogens is 512 g/mol. The van der Waals surface area contributed by atoms with Crippen LogP contribution in [0.3, 0.4) is 0 Å². The number of carbonyl (C=O) groups excluding carboxylic acids is 1. The molecule has 5 rings (SSSR count). The number of likely N-dealkylation sites (N-methyl/N-ethyl adjacent to an activating group) is 2. The molecule has 0 radical (unpaired) electrons. The second-order valence-electron chi connectivity index (χ2n) is 10.5. The van der Waals surface area contributed by atoms with Crippen LogP contribution in [-0.4, -0.2) is 57.6 Å². The van der Waals surface area contributed by atoms with E-state index in [1.165, 1.54) is 0 Å². The van der Waals surface area contributed by atoms with Crippen molar-refractivity contribution in [2.45, 2.75) is 38.4 Å². The molecule has 1 amide bonds. The molecule has 0 bridgehead atoms. The molecule has 1 unspecified atom stereocenters. The normalized spacial score (nSPS) is 13.0. The van der Waals surface area contributed by atoms with Crippen LogP contribution in [0.1, 0.15) is 23.6 Å². The van der Waals surface area contributed by atoms with Crippen LogP contribution in [-0.2, 0) is 29.0 Å². The highest BCUT2D eigenvalue weighted by Gasteiger charge is 2.32. The number of benzene rings is 4. The van der Waals surface area contributed by atoms with E-state index < -0.39 is 18.1 Å². The van der Waals surface area contributed by atoms with Gasteiger partial charge in [-0.3, -0.25) is 9.59 Å². The third-order valence-corrected chi connectivity index (χ3v) is 7.60. The maximum Gasteiger partial charge on any atom is 0.322 e. The van der Waals surface area contributed by atoms with E-state index in [2.05, 4.69) is 34.7 Å². The molecule has 1 heterocycles. The molecule has 0 spiro atoms. The predicted octanol–water partition coefficient (Wildman–Crippen LogP) is 5.41. The molecule has 0 saturated carbocycles. The topological polar surface area (TPSA) is 88.7 Å². The van der Waals surface area contributed by atoms with Gasteiger partial charge in [0.15, 0.2) is 0 Å². The minimum atomic E-state index is -0.969. The quantitative estimate of drug-likeness (QED) is 0.181. The highest BCUT2D eigenvalue weighted by molar-refractivity contribution is 5.85. The second-order valence-corrected chi connectivity index (χ2v) is 10.5. The number of aromatic amines is 1. The Balaban J connectivity index is 1.43. The number of hydrogen-bond donors (Lipinski definition) is 3. The molecule has 5 aromatic rings. The summed E-state index contributed by atoms with van der Waals surface area (Å²) in [6.07, 6.45) is 2.57. The molecule has 0 aliphatic rings. The number of H-pyrrole nitrogens is 1. The zero-order valence-corrected chi connectivity index (χ0v) is 23.5. The molecule has 0 fully saturated rings. The Morgan fingerprint density at radius 3 is 2.32 bits per heavy atom. The largest absolute Gasteiger partial charge is 0.480 e. The number of amides is 1. The van der Waals surface area contributed by atoms with Gasteiger partial charge in [-0.15, -0.1) is 0 Å². The van der Waals surface area contributed by atoms with Crippen LogP contribution in [0.5, 0.6) is 0 Å². The summed E-state index contributed by atoms with van der Waals surface area (Å²) in [6.45, 7) is 2.85. The number of aliphatic carboxylic acids is 1. The minimum Gasteiger partial charge on any atom is -0.480 e. The Bertz CT molecular complexity index is 1630. The SMILES string of the molecule is CCN(N[C@@H](Cc1c[nH]c2ccccc12)C(=O)O)C(Cc1ccc2ccccc2c1)C(=O)N(C)Cc1ccccc1. The maximum atomic E-state index is 14.1. The number of nitrogens with one attached hydrogen (secondary N) is 2. The number of carboxylic acid groups (broad SMARTS) is 1. The van der Waals surface area contributed by atoms with Gasteiger partial charge in [-0.2, -0.15) is 0 Å². The van der Waals surface area contributed by atoms with Crippen LogP contribution in [0.25, 0.3) is 21.7 Å². The Hall–Kier alpha value is -4.46. The van der Waals surface area contributed by atoms with Crippen molar-refractivity contribution in [1.29, 1.82) is 0 Å². The molecule has 0 aliphatic carbocycles. The zero-order chi connectivity index (χ0) is 28.8. The predicted molar refractivity (Wildman–Crippen MR) is 163 cm³/mol. The molecular formula is C34H36N4O3. The number of para-hydroxylation sites is 1. The highest BCUT2D eigenvalue weighted by atomic mass is 16.4. The van der Waals surface area contributed by atoms with Crippen LogP contribution in [0, 0.1) is 0 Å². The van der Waals surface area contributed by atoms with Crippen LogP contribution in [0.2, 0.25) is 0 Å². The van der Waals surface area contributed by atoms with Crippen molar-refractivity contribution >= 4 is 33.6 Å². The lowest BCUT2D eigenvalue weighted by atomic mass is 10.00. The molecule has 2 atom stereocenters. The summed E-state index contributed by atoms with van der Waals surface area (Å²) in [6, 6.07) is 30.6. The second kappa shape index (κ2) is 12.8. The van der Waals surface area contributed by atoms with Gasteiger partial charge in [-0.25, -0.2) is 10.4 Å². The summed E-state index contributed by atoms with van der Waals surface area (Å²) >= 11 is 0. The summed E-state index contributed by atoms with van der Waals surface area (Å²) in [4.78, 5) is 31.5. The number of nitrogens with zero attached hydrogens (tertiary/aromatic N) is 2. The van der Waals surface area contributed by atoms with E-state index in [9.17, 15) is 14.7 Å². The van der Waals surface area contributed by atoms with Crippen molar-refractivity contribution < 1.29 is 14.7 Å². The van der Waals surface area contributed by atoms with E-state index in [0.29, 0.717) is 19.5 Å². The van der Waals surface area contributed by atoms with Crippen LogP contribution >= 0.6 is 0 Å². The molecule has 0 aliphatic heterocycles. The first kappa shape index (κ1) is 28.1.